The number of rotatable bonds is 2. The number of nitrogens with zero attached hydrogens (tertiary/aromatic N) is 2. The molecule has 16 heavy (non-hydrogen) atoms. The number of halogens is 1. The molecule has 0 saturated carbocycles. The predicted molar refractivity (Wildman–Crippen MR) is 56.7 cm³/mol. The monoisotopic (exact) mass is 245 g/mol. The summed E-state index contributed by atoms with van der Waals surface area (Å²) in [6, 6.07) is 0. The maximum atomic E-state index is 13.1. The molecule has 2 rings (SSSR count). The number of nitrogens with two attached hydrogens (primary N) is 1. The highest BCUT2D eigenvalue weighted by atomic mass is 32.2. The van der Waals surface area contributed by atoms with Crippen LogP contribution in [-0.2, 0) is 4.74 Å². The number of hydrogen-bond donors (Lipinski definition) is 2. The van der Waals surface area contributed by atoms with Gasteiger partial charge in [-0.1, -0.05) is 11.8 Å². The van der Waals surface area contributed by atoms with Crippen molar-refractivity contribution in [1.29, 1.82) is 0 Å². The minimum absolute atomic E-state index is 0.125. The van der Waals surface area contributed by atoms with E-state index in [1.165, 1.54) is 17.2 Å². The molecule has 0 bridgehead atoms. The van der Waals surface area contributed by atoms with Crippen molar-refractivity contribution in [2.75, 3.05) is 12.3 Å². The standard InChI is InChI=1S/C8H8FN3O3S/c9-4-1-12(8(14)11-7(4)10)5-3-16-6(2-13)15-5/h1,3,6,13H,2H2,(H2,10,11,14). The zero-order valence-electron chi connectivity index (χ0n) is 7.96. The largest absolute Gasteiger partial charge is 0.461 e. The van der Waals surface area contributed by atoms with Crippen LogP contribution in [0.1, 0.15) is 0 Å². The van der Waals surface area contributed by atoms with E-state index in [9.17, 15) is 9.18 Å². The molecule has 3 N–H and O–H groups in total. The van der Waals surface area contributed by atoms with Crippen LogP contribution in [0.3, 0.4) is 0 Å². The van der Waals surface area contributed by atoms with E-state index >= 15 is 0 Å². The predicted octanol–water partition coefficient (Wildman–Crippen LogP) is -0.198. The van der Waals surface area contributed by atoms with Crippen molar-refractivity contribution in [2.45, 2.75) is 5.44 Å². The van der Waals surface area contributed by atoms with E-state index in [-0.39, 0.29) is 12.5 Å². The molecule has 1 aromatic rings. The van der Waals surface area contributed by atoms with Gasteiger partial charge in [0, 0.05) is 5.41 Å². The first-order valence-corrected chi connectivity index (χ1v) is 5.24. The molecule has 0 radical (unpaired) electrons. The molecule has 1 aliphatic rings. The molecule has 1 unspecified atom stereocenters. The van der Waals surface area contributed by atoms with Crippen LogP contribution in [0.4, 0.5) is 10.2 Å². The first-order valence-electron chi connectivity index (χ1n) is 4.30. The second-order valence-corrected chi connectivity index (χ2v) is 3.98. The highest BCUT2D eigenvalue weighted by Gasteiger charge is 2.21. The third kappa shape index (κ3) is 1.89. The lowest BCUT2D eigenvalue weighted by atomic mass is 10.5. The summed E-state index contributed by atoms with van der Waals surface area (Å²) < 4.78 is 19.2. The summed E-state index contributed by atoms with van der Waals surface area (Å²) in [6.45, 7) is -0.204. The lowest BCUT2D eigenvalue weighted by molar-refractivity contribution is 0.151. The number of nitrogen functional groups attached to an aromatic ring is 1. The first-order chi connectivity index (χ1) is 7.61. The second kappa shape index (κ2) is 4.14. The molecule has 0 aliphatic carbocycles. The van der Waals surface area contributed by atoms with E-state index in [2.05, 4.69) is 4.98 Å². The van der Waals surface area contributed by atoms with Gasteiger partial charge in [-0.05, 0) is 0 Å². The number of aliphatic hydroxyl groups is 1. The minimum atomic E-state index is -0.804. The number of ether oxygens (including phenoxy) is 1. The average Bonchev–Trinajstić information content (AvgIpc) is 2.71. The molecule has 1 aliphatic heterocycles. The summed E-state index contributed by atoms with van der Waals surface area (Å²) in [4.78, 5) is 14.7. The Kier molecular flexibility index (Phi) is 2.84. The second-order valence-electron chi connectivity index (χ2n) is 2.95. The van der Waals surface area contributed by atoms with E-state index in [1.807, 2.05) is 0 Å². The maximum Gasteiger partial charge on any atom is 0.356 e. The van der Waals surface area contributed by atoms with Gasteiger partial charge >= 0.3 is 5.69 Å². The van der Waals surface area contributed by atoms with Gasteiger partial charge in [0.05, 0.1) is 12.8 Å². The number of aliphatic hydroxyl groups excluding tert-OH is 1. The fraction of sp³-hybridized carbons (Fsp3) is 0.250. The van der Waals surface area contributed by atoms with Crippen LogP contribution in [0.15, 0.2) is 16.4 Å². The van der Waals surface area contributed by atoms with Crippen molar-refractivity contribution in [2.24, 2.45) is 0 Å². The molecule has 0 aromatic carbocycles. The van der Waals surface area contributed by atoms with E-state index in [1.54, 1.807) is 0 Å². The Hall–Kier alpha value is -1.54. The molecule has 1 atom stereocenters. The molecule has 1 aromatic heterocycles. The SMILES string of the molecule is Nc1nc(=O)n(C2=CSC(CO)O2)cc1F. The van der Waals surface area contributed by atoms with Crippen molar-refractivity contribution in [3.05, 3.63) is 27.9 Å². The number of thioether (sulfide) groups is 1. The summed E-state index contributed by atoms with van der Waals surface area (Å²) in [5.41, 5.74) is 3.92. The van der Waals surface area contributed by atoms with Crippen molar-refractivity contribution in [1.82, 2.24) is 9.55 Å². The fourth-order valence-electron chi connectivity index (χ4n) is 1.12. The third-order valence-corrected chi connectivity index (χ3v) is 2.76. The minimum Gasteiger partial charge on any atom is -0.461 e. The van der Waals surface area contributed by atoms with Crippen molar-refractivity contribution >= 4 is 23.5 Å². The van der Waals surface area contributed by atoms with Gasteiger partial charge in [-0.2, -0.15) is 4.98 Å². The van der Waals surface area contributed by atoms with Gasteiger partial charge in [0.2, 0.25) is 5.88 Å². The van der Waals surface area contributed by atoms with Gasteiger partial charge < -0.3 is 15.6 Å². The molecule has 0 fully saturated rings. The van der Waals surface area contributed by atoms with E-state index < -0.39 is 22.8 Å². The summed E-state index contributed by atoms with van der Waals surface area (Å²) in [5, 5.41) is 10.3. The van der Waals surface area contributed by atoms with Crippen LogP contribution >= 0.6 is 11.8 Å². The Balaban J connectivity index is 2.36. The van der Waals surface area contributed by atoms with Crippen molar-refractivity contribution in [3.63, 3.8) is 0 Å². The lowest BCUT2D eigenvalue weighted by Gasteiger charge is -2.10. The molecule has 6 nitrogen and oxygen atoms in total. The van der Waals surface area contributed by atoms with Crippen LogP contribution < -0.4 is 11.4 Å². The fourth-order valence-corrected chi connectivity index (χ4v) is 1.80. The lowest BCUT2D eigenvalue weighted by Crippen LogP contribution is -2.25. The van der Waals surface area contributed by atoms with Gasteiger partial charge in [-0.15, -0.1) is 0 Å². The Labute approximate surface area is 93.5 Å². The van der Waals surface area contributed by atoms with Crippen molar-refractivity contribution in [3.8, 4) is 0 Å². The highest BCUT2D eigenvalue weighted by Crippen LogP contribution is 2.28. The number of anilines is 1. The summed E-state index contributed by atoms with van der Waals surface area (Å²) in [6.07, 6.45) is 0.900. The summed E-state index contributed by atoms with van der Waals surface area (Å²) in [7, 11) is 0. The molecule has 86 valence electrons. The molecule has 2 heterocycles. The zero-order chi connectivity index (χ0) is 11.7. The van der Waals surface area contributed by atoms with Gasteiger partial charge in [-0.3, -0.25) is 0 Å². The van der Waals surface area contributed by atoms with Gasteiger partial charge in [0.1, 0.15) is 0 Å². The van der Waals surface area contributed by atoms with Gasteiger partial charge in [-0.25, -0.2) is 13.8 Å². The Bertz CT molecular complexity index is 502. The first kappa shape index (κ1) is 11.0. The topological polar surface area (TPSA) is 90.4 Å². The van der Waals surface area contributed by atoms with Gasteiger partial charge in [0.15, 0.2) is 17.1 Å². The molecule has 8 heteroatoms. The molecule has 0 amide bonds. The highest BCUT2D eigenvalue weighted by molar-refractivity contribution is 8.03. The number of hydrogen-bond acceptors (Lipinski definition) is 6. The molecule has 0 saturated heterocycles. The zero-order valence-corrected chi connectivity index (χ0v) is 8.78. The van der Waals surface area contributed by atoms with Crippen LogP contribution in [-0.4, -0.2) is 26.7 Å². The third-order valence-electron chi connectivity index (χ3n) is 1.87. The van der Waals surface area contributed by atoms with Crippen LogP contribution in [0.25, 0.3) is 5.88 Å². The van der Waals surface area contributed by atoms with Gasteiger partial charge in [0.25, 0.3) is 0 Å². The smallest absolute Gasteiger partial charge is 0.356 e. The van der Waals surface area contributed by atoms with E-state index in [0.29, 0.717) is 0 Å². The van der Waals surface area contributed by atoms with Crippen LogP contribution in [0, 0.1) is 5.82 Å². The normalized spacial score (nSPS) is 19.4. The molecular formula is C8H8FN3O3S. The van der Waals surface area contributed by atoms with Crippen LogP contribution in [0.2, 0.25) is 0 Å². The van der Waals surface area contributed by atoms with Crippen LogP contribution in [0.5, 0.6) is 0 Å². The average molecular weight is 245 g/mol. The van der Waals surface area contributed by atoms with E-state index in [0.717, 1.165) is 10.8 Å². The maximum absolute atomic E-state index is 13.1. The number of aromatic nitrogens is 2. The van der Waals surface area contributed by atoms with Crippen molar-refractivity contribution < 1.29 is 14.2 Å². The molecule has 0 spiro atoms. The summed E-state index contributed by atoms with van der Waals surface area (Å²) >= 11 is 1.19. The Morgan fingerprint density at radius 3 is 3.12 bits per heavy atom. The summed E-state index contributed by atoms with van der Waals surface area (Å²) in [5.74, 6) is -1.13. The quantitative estimate of drug-likeness (QED) is 0.750. The Morgan fingerprint density at radius 1 is 1.75 bits per heavy atom. The van der Waals surface area contributed by atoms with E-state index in [4.69, 9.17) is 15.6 Å². The molecular weight excluding hydrogens is 237 g/mol. The Morgan fingerprint density at radius 2 is 2.50 bits per heavy atom.